The van der Waals surface area contributed by atoms with Crippen molar-refractivity contribution in [3.63, 3.8) is 0 Å². The minimum atomic E-state index is -3.84. The standard InChI is InChI=1S/C25H23Cl2FN2O3S/c26-19-6-8-21(22(27)15-19)25(31)29-24-9-7-20(16-23(24)28)34(32,33)30-12-10-18(11-13-30)14-17-4-2-1-3-5-17/h1-9,15-16,18H,10-14H2,(H,29,31). The third-order valence-corrected chi connectivity index (χ3v) is 8.39. The van der Waals surface area contributed by atoms with Gasteiger partial charge in [-0.25, -0.2) is 12.8 Å². The van der Waals surface area contributed by atoms with Gasteiger partial charge in [0.1, 0.15) is 5.82 Å². The van der Waals surface area contributed by atoms with Crippen LogP contribution in [0, 0.1) is 11.7 Å². The molecular formula is C25H23Cl2FN2O3S. The summed E-state index contributed by atoms with van der Waals surface area (Å²) in [5, 5.41) is 2.92. The van der Waals surface area contributed by atoms with Gasteiger partial charge < -0.3 is 5.32 Å². The smallest absolute Gasteiger partial charge is 0.257 e. The lowest BCUT2D eigenvalue weighted by Gasteiger charge is -2.31. The van der Waals surface area contributed by atoms with Gasteiger partial charge in [-0.15, -0.1) is 0 Å². The van der Waals surface area contributed by atoms with Gasteiger partial charge in [0.25, 0.3) is 5.91 Å². The Morgan fingerprint density at radius 3 is 2.35 bits per heavy atom. The van der Waals surface area contributed by atoms with Gasteiger partial charge in [0, 0.05) is 18.1 Å². The Morgan fingerprint density at radius 2 is 1.71 bits per heavy atom. The van der Waals surface area contributed by atoms with E-state index in [-0.39, 0.29) is 21.2 Å². The van der Waals surface area contributed by atoms with Crippen molar-refractivity contribution in [2.75, 3.05) is 18.4 Å². The van der Waals surface area contributed by atoms with E-state index in [2.05, 4.69) is 17.4 Å². The fourth-order valence-corrected chi connectivity index (χ4v) is 6.05. The Labute approximate surface area is 208 Å². The average Bonchev–Trinajstić information content (AvgIpc) is 2.81. The molecule has 9 heteroatoms. The normalized spacial score (nSPS) is 15.3. The van der Waals surface area contributed by atoms with Crippen molar-refractivity contribution < 1.29 is 17.6 Å². The number of anilines is 1. The van der Waals surface area contributed by atoms with Crippen LogP contribution < -0.4 is 5.32 Å². The average molecular weight is 521 g/mol. The van der Waals surface area contributed by atoms with Crippen molar-refractivity contribution in [1.82, 2.24) is 4.31 Å². The second-order valence-corrected chi connectivity index (χ2v) is 11.0. The second kappa shape index (κ2) is 10.4. The Hall–Kier alpha value is -2.45. The molecule has 0 aromatic heterocycles. The van der Waals surface area contributed by atoms with E-state index in [9.17, 15) is 17.6 Å². The first-order valence-corrected chi connectivity index (χ1v) is 13.0. The third kappa shape index (κ3) is 5.61. The molecule has 0 bridgehead atoms. The quantitative estimate of drug-likeness (QED) is 0.431. The van der Waals surface area contributed by atoms with E-state index in [1.165, 1.54) is 40.2 Å². The van der Waals surface area contributed by atoms with Gasteiger partial charge in [-0.3, -0.25) is 4.79 Å². The number of sulfonamides is 1. The van der Waals surface area contributed by atoms with Gasteiger partial charge in [-0.2, -0.15) is 4.31 Å². The van der Waals surface area contributed by atoms with Crippen LogP contribution >= 0.6 is 23.2 Å². The van der Waals surface area contributed by atoms with Crippen LogP contribution in [-0.4, -0.2) is 31.7 Å². The number of benzene rings is 3. The van der Waals surface area contributed by atoms with Crippen LogP contribution in [0.3, 0.4) is 0 Å². The molecule has 0 unspecified atom stereocenters. The zero-order chi connectivity index (χ0) is 24.3. The number of carbonyl (C=O) groups is 1. The Bertz CT molecular complexity index is 1290. The Morgan fingerprint density at radius 1 is 1.00 bits per heavy atom. The number of carbonyl (C=O) groups excluding carboxylic acids is 1. The first kappa shape index (κ1) is 24.7. The fourth-order valence-electron chi connectivity index (χ4n) is 4.07. The predicted molar refractivity (Wildman–Crippen MR) is 132 cm³/mol. The van der Waals surface area contributed by atoms with E-state index in [1.54, 1.807) is 0 Å². The molecule has 3 aromatic carbocycles. The van der Waals surface area contributed by atoms with E-state index in [0.29, 0.717) is 24.0 Å². The van der Waals surface area contributed by atoms with Crippen LogP contribution in [0.5, 0.6) is 0 Å². The van der Waals surface area contributed by atoms with Crippen LogP contribution in [0.4, 0.5) is 10.1 Å². The summed E-state index contributed by atoms with van der Waals surface area (Å²) < 4.78 is 42.3. The summed E-state index contributed by atoms with van der Waals surface area (Å²) in [7, 11) is -3.84. The summed E-state index contributed by atoms with van der Waals surface area (Å²) in [5.74, 6) is -1.07. The topological polar surface area (TPSA) is 66.5 Å². The first-order chi connectivity index (χ1) is 16.2. The van der Waals surface area contributed by atoms with Crippen molar-refractivity contribution in [1.29, 1.82) is 0 Å². The Kier molecular flexibility index (Phi) is 7.57. The zero-order valence-electron chi connectivity index (χ0n) is 18.2. The van der Waals surface area contributed by atoms with Crippen LogP contribution in [0.15, 0.2) is 71.6 Å². The summed E-state index contributed by atoms with van der Waals surface area (Å²) in [6, 6.07) is 17.9. The molecule has 0 aliphatic carbocycles. The zero-order valence-corrected chi connectivity index (χ0v) is 20.5. The molecule has 1 aliphatic rings. The highest BCUT2D eigenvalue weighted by Gasteiger charge is 2.30. The van der Waals surface area contributed by atoms with Crippen LogP contribution in [0.1, 0.15) is 28.8 Å². The number of hydrogen-bond donors (Lipinski definition) is 1. The molecule has 1 heterocycles. The van der Waals surface area contributed by atoms with Crippen LogP contribution in [0.2, 0.25) is 10.0 Å². The number of nitrogens with zero attached hydrogens (tertiary/aromatic N) is 1. The molecule has 3 aromatic rings. The molecule has 0 spiro atoms. The van der Waals surface area contributed by atoms with E-state index in [0.717, 1.165) is 25.3 Å². The maximum atomic E-state index is 14.7. The van der Waals surface area contributed by atoms with E-state index < -0.39 is 21.7 Å². The van der Waals surface area contributed by atoms with E-state index >= 15 is 0 Å². The molecule has 1 N–H and O–H groups in total. The Balaban J connectivity index is 1.42. The van der Waals surface area contributed by atoms with Crippen LogP contribution in [0.25, 0.3) is 0 Å². The van der Waals surface area contributed by atoms with Crippen LogP contribution in [-0.2, 0) is 16.4 Å². The van der Waals surface area contributed by atoms with Crippen molar-refractivity contribution >= 4 is 44.8 Å². The van der Waals surface area contributed by atoms with Crippen molar-refractivity contribution in [2.24, 2.45) is 5.92 Å². The lowest BCUT2D eigenvalue weighted by Crippen LogP contribution is -2.38. The van der Waals surface area contributed by atoms with E-state index in [1.807, 2.05) is 18.2 Å². The highest BCUT2D eigenvalue weighted by molar-refractivity contribution is 7.89. The van der Waals surface area contributed by atoms with Crippen molar-refractivity contribution in [3.8, 4) is 0 Å². The maximum absolute atomic E-state index is 14.7. The summed E-state index contributed by atoms with van der Waals surface area (Å²) >= 11 is 11.9. The number of nitrogens with one attached hydrogen (secondary N) is 1. The molecule has 5 nitrogen and oxygen atoms in total. The monoisotopic (exact) mass is 520 g/mol. The summed E-state index contributed by atoms with van der Waals surface area (Å²) in [5.41, 5.74) is 1.22. The third-order valence-electron chi connectivity index (χ3n) is 5.94. The lowest BCUT2D eigenvalue weighted by atomic mass is 9.91. The molecule has 1 aliphatic heterocycles. The molecule has 1 saturated heterocycles. The minimum absolute atomic E-state index is 0.125. The van der Waals surface area contributed by atoms with Gasteiger partial charge in [0.05, 0.1) is 21.2 Å². The number of halogens is 3. The predicted octanol–water partition coefficient (Wildman–Crippen LogP) is 6.03. The highest BCUT2D eigenvalue weighted by Crippen LogP contribution is 2.28. The van der Waals surface area contributed by atoms with Gasteiger partial charge in [-0.05, 0) is 67.1 Å². The number of hydrogen-bond acceptors (Lipinski definition) is 3. The van der Waals surface area contributed by atoms with Crippen molar-refractivity contribution in [2.45, 2.75) is 24.2 Å². The molecule has 0 atom stereocenters. The maximum Gasteiger partial charge on any atom is 0.257 e. The minimum Gasteiger partial charge on any atom is -0.319 e. The van der Waals surface area contributed by atoms with Gasteiger partial charge in [0.2, 0.25) is 10.0 Å². The summed E-state index contributed by atoms with van der Waals surface area (Å²) in [6.45, 7) is 0.768. The first-order valence-electron chi connectivity index (χ1n) is 10.8. The van der Waals surface area contributed by atoms with E-state index in [4.69, 9.17) is 23.2 Å². The highest BCUT2D eigenvalue weighted by atomic mass is 35.5. The molecule has 1 fully saturated rings. The largest absolute Gasteiger partial charge is 0.319 e. The summed E-state index contributed by atoms with van der Waals surface area (Å²) in [6.07, 6.45) is 2.40. The van der Waals surface area contributed by atoms with Gasteiger partial charge in [0.15, 0.2) is 0 Å². The lowest BCUT2D eigenvalue weighted by molar-refractivity contribution is 0.102. The SMILES string of the molecule is O=C(Nc1ccc(S(=O)(=O)N2CCC(Cc3ccccc3)CC2)cc1F)c1ccc(Cl)cc1Cl. The number of piperidine rings is 1. The molecule has 1 amide bonds. The molecule has 34 heavy (non-hydrogen) atoms. The fraction of sp³-hybridized carbons (Fsp3) is 0.240. The molecule has 178 valence electrons. The number of amides is 1. The number of rotatable bonds is 6. The summed E-state index contributed by atoms with van der Waals surface area (Å²) in [4.78, 5) is 12.3. The molecule has 0 saturated carbocycles. The molecule has 0 radical (unpaired) electrons. The van der Waals surface area contributed by atoms with Gasteiger partial charge in [-0.1, -0.05) is 53.5 Å². The van der Waals surface area contributed by atoms with Crippen molar-refractivity contribution in [3.05, 3.63) is 93.7 Å². The van der Waals surface area contributed by atoms with Gasteiger partial charge >= 0.3 is 0 Å². The second-order valence-electron chi connectivity index (χ2n) is 8.26. The molecular weight excluding hydrogens is 498 g/mol. The molecule has 4 rings (SSSR count).